The van der Waals surface area contributed by atoms with Gasteiger partial charge in [-0.3, -0.25) is 0 Å². The van der Waals surface area contributed by atoms with Crippen molar-refractivity contribution < 1.29 is 9.84 Å². The average Bonchev–Trinajstić information content (AvgIpc) is 2.43. The number of methoxy groups -OCH3 is 1. The molecule has 1 aliphatic heterocycles. The van der Waals surface area contributed by atoms with Gasteiger partial charge >= 0.3 is 0 Å². The number of rotatable bonds is 5. The minimum atomic E-state index is -0.392. The Morgan fingerprint density at radius 3 is 2.86 bits per heavy atom. The summed E-state index contributed by atoms with van der Waals surface area (Å²) >= 11 is 6.04. The predicted octanol–water partition coefficient (Wildman–Crippen LogP) is 1.89. The van der Waals surface area contributed by atoms with E-state index in [4.69, 9.17) is 16.3 Å². The van der Waals surface area contributed by atoms with Gasteiger partial charge in [0.05, 0.1) is 13.2 Å². The summed E-state index contributed by atoms with van der Waals surface area (Å²) in [4.78, 5) is 4.65. The van der Waals surface area contributed by atoms with Gasteiger partial charge in [-0.25, -0.2) is 0 Å². The monoisotopic (exact) mass is 312 g/mol. The van der Waals surface area contributed by atoms with Crippen LogP contribution in [0.5, 0.6) is 5.75 Å². The molecule has 2 unspecified atom stereocenters. The van der Waals surface area contributed by atoms with E-state index < -0.39 is 6.10 Å². The molecule has 1 aromatic carbocycles. The average molecular weight is 313 g/mol. The van der Waals surface area contributed by atoms with E-state index in [1.54, 1.807) is 13.2 Å². The van der Waals surface area contributed by atoms with Crippen molar-refractivity contribution in [2.24, 2.45) is 0 Å². The van der Waals surface area contributed by atoms with Crippen LogP contribution in [0.3, 0.4) is 0 Å². The maximum absolute atomic E-state index is 10.4. The second-order valence-electron chi connectivity index (χ2n) is 5.95. The Morgan fingerprint density at radius 1 is 1.38 bits per heavy atom. The first kappa shape index (κ1) is 16.6. The van der Waals surface area contributed by atoms with E-state index in [0.29, 0.717) is 17.5 Å². The summed E-state index contributed by atoms with van der Waals surface area (Å²) in [7, 11) is 5.90. The highest BCUT2D eigenvalue weighted by Gasteiger charge is 2.25. The number of halogens is 1. The summed E-state index contributed by atoms with van der Waals surface area (Å²) in [6.45, 7) is 3.14. The van der Waals surface area contributed by atoms with E-state index in [9.17, 15) is 5.11 Å². The molecule has 2 atom stereocenters. The number of hydrogen-bond acceptors (Lipinski definition) is 4. The number of aliphatic hydroxyl groups is 1. The predicted molar refractivity (Wildman–Crippen MR) is 86.2 cm³/mol. The quantitative estimate of drug-likeness (QED) is 0.901. The summed E-state index contributed by atoms with van der Waals surface area (Å²) < 4.78 is 5.34. The fourth-order valence-electron chi connectivity index (χ4n) is 2.91. The van der Waals surface area contributed by atoms with Gasteiger partial charge in [-0.15, -0.1) is 0 Å². The molecule has 0 amide bonds. The lowest BCUT2D eigenvalue weighted by molar-refractivity contribution is 0.0637. The maximum Gasteiger partial charge on any atom is 0.122 e. The molecule has 1 aliphatic rings. The molecular weight excluding hydrogens is 288 g/mol. The first-order valence-electron chi connectivity index (χ1n) is 7.39. The lowest BCUT2D eigenvalue weighted by Crippen LogP contribution is -2.51. The molecule has 0 aromatic heterocycles. The van der Waals surface area contributed by atoms with Gasteiger partial charge in [0, 0.05) is 37.1 Å². The van der Waals surface area contributed by atoms with E-state index in [2.05, 4.69) is 23.9 Å². The second kappa shape index (κ2) is 7.45. The van der Waals surface area contributed by atoms with Gasteiger partial charge in [0.2, 0.25) is 0 Å². The van der Waals surface area contributed by atoms with E-state index in [1.807, 2.05) is 12.1 Å². The normalized spacial score (nSPS) is 22.2. The molecule has 1 aromatic rings. The number of hydrogen-bond donors (Lipinski definition) is 1. The first-order valence-corrected chi connectivity index (χ1v) is 7.76. The summed E-state index contributed by atoms with van der Waals surface area (Å²) in [5.41, 5.74) is 0.962. The van der Waals surface area contributed by atoms with E-state index in [0.717, 1.165) is 37.4 Å². The van der Waals surface area contributed by atoms with Crippen LogP contribution in [0.15, 0.2) is 18.2 Å². The Bertz CT molecular complexity index is 470. The van der Waals surface area contributed by atoms with Crippen LogP contribution < -0.4 is 4.74 Å². The topological polar surface area (TPSA) is 35.9 Å². The van der Waals surface area contributed by atoms with Gasteiger partial charge in [-0.2, -0.15) is 0 Å². The standard InChI is InChI=1S/C16H25ClN2O2/c1-18-6-7-19(2)14(11-18)10-15(20)9-12-8-13(17)4-5-16(12)21-3/h4-5,8,14-15,20H,6-7,9-11H2,1-3H3. The van der Waals surface area contributed by atoms with Gasteiger partial charge in [-0.1, -0.05) is 11.6 Å². The Morgan fingerprint density at radius 2 is 2.14 bits per heavy atom. The van der Waals surface area contributed by atoms with Crippen LogP contribution in [0.25, 0.3) is 0 Å². The fraction of sp³-hybridized carbons (Fsp3) is 0.625. The van der Waals surface area contributed by atoms with E-state index in [1.165, 1.54) is 0 Å². The third-order valence-corrected chi connectivity index (χ3v) is 4.46. The molecule has 1 N–H and O–H groups in total. The van der Waals surface area contributed by atoms with Crippen molar-refractivity contribution in [1.82, 2.24) is 9.80 Å². The lowest BCUT2D eigenvalue weighted by Gasteiger charge is -2.38. The smallest absolute Gasteiger partial charge is 0.122 e. The molecule has 0 spiro atoms. The Hall–Kier alpha value is -0.810. The van der Waals surface area contributed by atoms with Crippen molar-refractivity contribution in [3.05, 3.63) is 28.8 Å². The molecule has 0 aliphatic carbocycles. The minimum Gasteiger partial charge on any atom is -0.496 e. The Labute approximate surface area is 132 Å². The first-order chi connectivity index (χ1) is 9.99. The summed E-state index contributed by atoms with van der Waals surface area (Å²) in [5.74, 6) is 0.785. The van der Waals surface area contributed by atoms with Crippen molar-refractivity contribution in [2.75, 3.05) is 40.8 Å². The van der Waals surface area contributed by atoms with Gasteiger partial charge in [0.15, 0.2) is 0 Å². The third kappa shape index (κ3) is 4.58. The molecule has 1 fully saturated rings. The van der Waals surface area contributed by atoms with Gasteiger partial charge in [-0.05, 0) is 44.3 Å². The van der Waals surface area contributed by atoms with Crippen LogP contribution in [-0.2, 0) is 6.42 Å². The largest absolute Gasteiger partial charge is 0.496 e. The molecule has 0 bridgehead atoms. The molecule has 1 heterocycles. The third-order valence-electron chi connectivity index (χ3n) is 4.22. The van der Waals surface area contributed by atoms with E-state index in [-0.39, 0.29) is 0 Å². The maximum atomic E-state index is 10.4. The van der Waals surface area contributed by atoms with Gasteiger partial charge < -0.3 is 19.6 Å². The molecule has 2 rings (SSSR count). The fourth-order valence-corrected chi connectivity index (χ4v) is 3.11. The molecule has 1 saturated heterocycles. The SMILES string of the molecule is COc1ccc(Cl)cc1CC(O)CC1CN(C)CCN1C. The minimum absolute atomic E-state index is 0.392. The number of benzene rings is 1. The molecule has 21 heavy (non-hydrogen) atoms. The number of likely N-dealkylation sites (N-methyl/N-ethyl adjacent to an activating group) is 2. The van der Waals surface area contributed by atoms with E-state index >= 15 is 0 Å². The molecule has 5 heteroatoms. The van der Waals surface area contributed by atoms with Gasteiger partial charge in [0.1, 0.15) is 5.75 Å². The highest BCUT2D eigenvalue weighted by atomic mass is 35.5. The molecular formula is C16H25ClN2O2. The summed E-state index contributed by atoms with van der Waals surface area (Å²) in [5, 5.41) is 11.1. The summed E-state index contributed by atoms with van der Waals surface area (Å²) in [6.07, 6.45) is 0.935. The highest BCUT2D eigenvalue weighted by Crippen LogP contribution is 2.25. The molecule has 118 valence electrons. The lowest BCUT2D eigenvalue weighted by atomic mass is 9.99. The van der Waals surface area contributed by atoms with Crippen molar-refractivity contribution in [1.29, 1.82) is 0 Å². The molecule has 0 saturated carbocycles. The molecule has 4 nitrogen and oxygen atoms in total. The van der Waals surface area contributed by atoms with Crippen molar-refractivity contribution in [2.45, 2.75) is 25.0 Å². The van der Waals surface area contributed by atoms with Crippen LogP contribution in [0.1, 0.15) is 12.0 Å². The van der Waals surface area contributed by atoms with Crippen LogP contribution in [0.2, 0.25) is 5.02 Å². The number of ether oxygens (including phenoxy) is 1. The Balaban J connectivity index is 1.98. The number of nitrogens with zero attached hydrogens (tertiary/aromatic N) is 2. The van der Waals surface area contributed by atoms with Crippen LogP contribution in [0.4, 0.5) is 0 Å². The Kier molecular flexibility index (Phi) is 5.88. The summed E-state index contributed by atoms with van der Waals surface area (Å²) in [6, 6.07) is 5.93. The van der Waals surface area contributed by atoms with Crippen LogP contribution in [-0.4, -0.2) is 67.9 Å². The van der Waals surface area contributed by atoms with Crippen molar-refractivity contribution in [3.63, 3.8) is 0 Å². The zero-order valence-electron chi connectivity index (χ0n) is 13.1. The van der Waals surface area contributed by atoms with Crippen LogP contribution in [0, 0.1) is 0 Å². The number of piperazine rings is 1. The highest BCUT2D eigenvalue weighted by molar-refractivity contribution is 6.30. The number of aliphatic hydroxyl groups excluding tert-OH is 1. The van der Waals surface area contributed by atoms with Gasteiger partial charge in [0.25, 0.3) is 0 Å². The van der Waals surface area contributed by atoms with Crippen LogP contribution >= 0.6 is 11.6 Å². The zero-order valence-corrected chi connectivity index (χ0v) is 13.8. The zero-order chi connectivity index (χ0) is 15.4. The molecule has 0 radical (unpaired) electrons. The van der Waals surface area contributed by atoms with Crippen molar-refractivity contribution in [3.8, 4) is 5.75 Å². The second-order valence-corrected chi connectivity index (χ2v) is 6.38. The van der Waals surface area contributed by atoms with Crippen molar-refractivity contribution >= 4 is 11.6 Å².